The number of carbonyl (C=O) groups excluding carboxylic acids is 3. The standard InChI is InChI=1S/C35H46Br2N6O5/c1-47-32-29(36)21-25(22-30(32)37)24-48-34(46)43-18-10-28(42-17-7-26-5-2-3-6-31(26)39-33(42)45)23-35(43,11-20-44)41-15-8-27(9-16-41)40-14-4-12-38-13-19-40/h2-3,5-6,20-22,27-28,38H,4,7-19,23-24H2,1H3,(H,39,45)/t28?,35-/m0/s1. The van der Waals surface area contributed by atoms with Crippen LogP contribution in [0.5, 0.6) is 5.75 Å². The van der Waals surface area contributed by atoms with Crippen LogP contribution in [-0.4, -0.2) is 115 Å². The highest BCUT2D eigenvalue weighted by Gasteiger charge is 2.52. The number of hydrogen-bond donors (Lipinski definition) is 2. The minimum absolute atomic E-state index is 0.0645. The first-order chi connectivity index (χ1) is 23.3. The van der Waals surface area contributed by atoms with Crippen molar-refractivity contribution in [2.75, 3.05) is 64.8 Å². The number of methoxy groups -OCH3 is 1. The molecule has 2 atom stereocenters. The highest BCUT2D eigenvalue weighted by molar-refractivity contribution is 9.11. The molecular formula is C35H46Br2N6O5. The van der Waals surface area contributed by atoms with E-state index in [2.05, 4.69) is 58.4 Å². The van der Waals surface area contributed by atoms with E-state index in [0.717, 1.165) is 97.0 Å². The summed E-state index contributed by atoms with van der Waals surface area (Å²) in [7, 11) is 1.60. The van der Waals surface area contributed by atoms with Crippen molar-refractivity contribution in [3.05, 3.63) is 56.5 Å². The number of para-hydroxylation sites is 1. The summed E-state index contributed by atoms with van der Waals surface area (Å²) in [6.45, 7) is 6.70. The second-order valence-electron chi connectivity index (χ2n) is 13.2. The SMILES string of the molecule is COc1c(Br)cc(COC(=O)N2CCC(N3CCc4ccccc4NC3=O)C[C@@]2(CC=O)N2CCC(N3CCCNCC3)CC2)cc1Br. The molecule has 0 aromatic heterocycles. The molecule has 0 aliphatic carbocycles. The minimum Gasteiger partial charge on any atom is -0.494 e. The van der Waals surface area contributed by atoms with Crippen molar-refractivity contribution in [3.63, 3.8) is 0 Å². The first-order valence-electron chi connectivity index (χ1n) is 17.1. The van der Waals surface area contributed by atoms with E-state index in [1.165, 1.54) is 0 Å². The second-order valence-corrected chi connectivity index (χ2v) is 14.9. The van der Waals surface area contributed by atoms with E-state index in [-0.39, 0.29) is 25.1 Å². The van der Waals surface area contributed by atoms with Crippen LogP contribution >= 0.6 is 31.9 Å². The topological polar surface area (TPSA) is 107 Å². The number of aldehydes is 1. The van der Waals surface area contributed by atoms with Gasteiger partial charge in [0.15, 0.2) is 0 Å². The van der Waals surface area contributed by atoms with Gasteiger partial charge >= 0.3 is 12.1 Å². The summed E-state index contributed by atoms with van der Waals surface area (Å²) in [6, 6.07) is 11.9. The number of carbonyl (C=O) groups is 3. The molecule has 1 unspecified atom stereocenters. The van der Waals surface area contributed by atoms with Crippen LogP contribution in [0.3, 0.4) is 0 Å². The van der Waals surface area contributed by atoms with Crippen molar-refractivity contribution in [2.45, 2.75) is 69.3 Å². The van der Waals surface area contributed by atoms with Crippen LogP contribution in [0.2, 0.25) is 0 Å². The summed E-state index contributed by atoms with van der Waals surface area (Å²) in [6.07, 6.45) is 5.49. The van der Waals surface area contributed by atoms with Crippen LogP contribution in [0.4, 0.5) is 15.3 Å². The van der Waals surface area contributed by atoms with Crippen LogP contribution in [0, 0.1) is 0 Å². The molecule has 260 valence electrons. The highest BCUT2D eigenvalue weighted by Crippen LogP contribution is 2.40. The van der Waals surface area contributed by atoms with E-state index in [4.69, 9.17) is 9.47 Å². The van der Waals surface area contributed by atoms with Gasteiger partial charge in [-0.15, -0.1) is 0 Å². The molecule has 48 heavy (non-hydrogen) atoms. The van der Waals surface area contributed by atoms with Gasteiger partial charge in [-0.2, -0.15) is 0 Å². The number of rotatable bonds is 8. The number of hydrogen-bond acceptors (Lipinski definition) is 8. The van der Waals surface area contributed by atoms with Crippen molar-refractivity contribution in [3.8, 4) is 5.75 Å². The predicted octanol–water partition coefficient (Wildman–Crippen LogP) is 5.46. The molecule has 0 saturated carbocycles. The first kappa shape index (κ1) is 35.1. The Balaban J connectivity index is 1.24. The second kappa shape index (κ2) is 15.9. The lowest BCUT2D eigenvalue weighted by molar-refractivity contribution is -0.128. The molecular weight excluding hydrogens is 744 g/mol. The Kier molecular flexibility index (Phi) is 11.6. The van der Waals surface area contributed by atoms with E-state index in [1.807, 2.05) is 35.2 Å². The molecule has 3 amide bonds. The summed E-state index contributed by atoms with van der Waals surface area (Å²) < 4.78 is 12.9. The van der Waals surface area contributed by atoms with Gasteiger partial charge in [0.05, 0.1) is 16.1 Å². The Bertz CT molecular complexity index is 1440. The molecule has 0 radical (unpaired) electrons. The molecule has 2 N–H and O–H groups in total. The number of anilines is 1. The smallest absolute Gasteiger partial charge is 0.411 e. The molecule has 6 rings (SSSR count). The van der Waals surface area contributed by atoms with Gasteiger partial charge in [0.1, 0.15) is 24.3 Å². The zero-order chi connectivity index (χ0) is 33.7. The number of fused-ring (bicyclic) bond motifs is 1. The fourth-order valence-electron chi connectivity index (χ4n) is 8.09. The maximum absolute atomic E-state index is 14.1. The summed E-state index contributed by atoms with van der Waals surface area (Å²) >= 11 is 7.08. The van der Waals surface area contributed by atoms with Crippen molar-refractivity contribution in [2.24, 2.45) is 0 Å². The largest absolute Gasteiger partial charge is 0.494 e. The highest BCUT2D eigenvalue weighted by atomic mass is 79.9. The summed E-state index contributed by atoms with van der Waals surface area (Å²) in [4.78, 5) is 49.0. The summed E-state index contributed by atoms with van der Waals surface area (Å²) in [5.74, 6) is 0.664. The fraction of sp³-hybridized carbons (Fsp3) is 0.571. The van der Waals surface area contributed by atoms with Gasteiger partial charge in [-0.1, -0.05) is 18.2 Å². The maximum atomic E-state index is 14.1. The third kappa shape index (κ3) is 7.55. The van der Waals surface area contributed by atoms with E-state index in [0.29, 0.717) is 37.7 Å². The lowest BCUT2D eigenvalue weighted by atomic mass is 9.84. The number of nitrogens with zero attached hydrogens (tertiary/aromatic N) is 4. The van der Waals surface area contributed by atoms with E-state index in [9.17, 15) is 14.4 Å². The van der Waals surface area contributed by atoms with Crippen molar-refractivity contribution >= 4 is 56.0 Å². The van der Waals surface area contributed by atoms with E-state index < -0.39 is 11.8 Å². The Hall–Kier alpha value is -2.71. The van der Waals surface area contributed by atoms with Gasteiger partial charge in [0.2, 0.25) is 0 Å². The number of benzene rings is 2. The Morgan fingerprint density at radius 1 is 1.00 bits per heavy atom. The van der Waals surface area contributed by atoms with Gasteiger partial charge in [-0.3, -0.25) is 14.7 Å². The molecule has 11 nitrogen and oxygen atoms in total. The van der Waals surface area contributed by atoms with Gasteiger partial charge in [-0.25, -0.2) is 9.59 Å². The maximum Gasteiger partial charge on any atom is 0.411 e. The molecule has 3 saturated heterocycles. The van der Waals surface area contributed by atoms with Crippen LogP contribution in [0.25, 0.3) is 0 Å². The van der Waals surface area contributed by atoms with Gasteiger partial charge in [0, 0.05) is 69.9 Å². The molecule has 2 aromatic rings. The molecule has 4 heterocycles. The predicted molar refractivity (Wildman–Crippen MR) is 191 cm³/mol. The van der Waals surface area contributed by atoms with Crippen LogP contribution in [0.1, 0.15) is 49.7 Å². The number of nitrogens with one attached hydrogen (secondary N) is 2. The molecule has 2 aromatic carbocycles. The number of piperidine rings is 2. The number of likely N-dealkylation sites (tertiary alicyclic amines) is 2. The normalized spacial score (nSPS) is 24.6. The van der Waals surface area contributed by atoms with Crippen molar-refractivity contribution in [1.82, 2.24) is 24.9 Å². The first-order valence-corrected chi connectivity index (χ1v) is 18.7. The zero-order valence-corrected chi connectivity index (χ0v) is 30.8. The lowest BCUT2D eigenvalue weighted by Crippen LogP contribution is -2.70. The third-order valence-electron chi connectivity index (χ3n) is 10.5. The number of ether oxygens (including phenoxy) is 2. The summed E-state index contributed by atoms with van der Waals surface area (Å²) in [5.41, 5.74) is 1.84. The average molecular weight is 791 g/mol. The lowest BCUT2D eigenvalue weighted by Gasteiger charge is -2.57. The minimum atomic E-state index is -0.909. The molecule has 0 bridgehead atoms. The van der Waals surface area contributed by atoms with Gasteiger partial charge in [0.25, 0.3) is 0 Å². The molecule has 13 heteroatoms. The molecule has 3 fully saturated rings. The van der Waals surface area contributed by atoms with Gasteiger partial charge in [-0.05, 0) is 106 Å². The Morgan fingerprint density at radius 2 is 1.75 bits per heavy atom. The molecule has 4 aliphatic heterocycles. The van der Waals surface area contributed by atoms with Crippen LogP contribution in [-0.2, 0) is 22.6 Å². The zero-order valence-electron chi connectivity index (χ0n) is 27.6. The van der Waals surface area contributed by atoms with Crippen LogP contribution < -0.4 is 15.4 Å². The Morgan fingerprint density at radius 3 is 2.50 bits per heavy atom. The van der Waals surface area contributed by atoms with Crippen molar-refractivity contribution < 1.29 is 23.9 Å². The quantitative estimate of drug-likeness (QED) is 0.340. The average Bonchev–Trinajstić information content (AvgIpc) is 3.46. The van der Waals surface area contributed by atoms with E-state index in [1.54, 1.807) is 12.0 Å². The number of urea groups is 1. The number of halogens is 2. The number of amides is 3. The molecule has 0 spiro atoms. The monoisotopic (exact) mass is 788 g/mol. The Labute approximate surface area is 299 Å². The summed E-state index contributed by atoms with van der Waals surface area (Å²) in [5, 5.41) is 6.62. The molecule has 4 aliphatic rings. The fourth-order valence-corrected chi connectivity index (χ4v) is 9.69. The van der Waals surface area contributed by atoms with Gasteiger partial charge < -0.3 is 29.8 Å². The van der Waals surface area contributed by atoms with Crippen LogP contribution in [0.15, 0.2) is 45.3 Å². The van der Waals surface area contributed by atoms with Crippen molar-refractivity contribution in [1.29, 1.82) is 0 Å². The van der Waals surface area contributed by atoms with E-state index >= 15 is 0 Å². The third-order valence-corrected chi connectivity index (χ3v) is 11.7.